The molecule has 0 fully saturated rings. The van der Waals surface area contributed by atoms with Gasteiger partial charge >= 0.3 is 17.4 Å². The van der Waals surface area contributed by atoms with Crippen molar-refractivity contribution < 1.29 is 29.7 Å². The van der Waals surface area contributed by atoms with Crippen LogP contribution < -0.4 is 0 Å². The summed E-state index contributed by atoms with van der Waals surface area (Å²) in [5.41, 5.74) is 0. The monoisotopic (exact) mass is 162 g/mol. The molecule has 0 saturated heterocycles. The van der Waals surface area contributed by atoms with Crippen LogP contribution in [-0.2, 0) is 14.4 Å². The smallest absolute Gasteiger partial charge is 0.665 e. The number of hydrogen-bond acceptors (Lipinski definition) is 3. The Hall–Kier alpha value is -1.06. The molecular formula is C3H3AlO6. The molecule has 0 aromatic carbocycles. The van der Waals surface area contributed by atoms with Crippen molar-refractivity contribution in [2.24, 2.45) is 0 Å². The van der Waals surface area contributed by atoms with Crippen molar-refractivity contribution in [2.75, 3.05) is 0 Å². The summed E-state index contributed by atoms with van der Waals surface area (Å²) < 4.78 is 0. The van der Waals surface area contributed by atoms with Gasteiger partial charge in [-0.3, -0.25) is 0 Å². The molecule has 0 aliphatic carbocycles. The summed E-state index contributed by atoms with van der Waals surface area (Å²) in [4.78, 5) is 24.7. The molecule has 6 nitrogen and oxygen atoms in total. The van der Waals surface area contributed by atoms with E-state index in [0.717, 1.165) is 0 Å². The summed E-state index contributed by atoms with van der Waals surface area (Å²) in [6.45, 7) is 1.50. The minimum absolute atomic E-state index is 0. The average Bonchev–Trinajstić information content (AvgIpc) is 1.70. The summed E-state index contributed by atoms with van der Waals surface area (Å²) in [7, 11) is 0. The SMILES string of the molecule is O=[C-]O.O=[C-]O.O=[C-]O.[Al+3]. The van der Waals surface area contributed by atoms with Crippen LogP contribution in [0.3, 0.4) is 0 Å². The first kappa shape index (κ1) is 23.1. The summed E-state index contributed by atoms with van der Waals surface area (Å²) in [6.07, 6.45) is 0. The normalized spacial score (nSPS) is 3.60. The standard InChI is InChI=1S/3CHO2.Al/c3*2-1-3;/h3*(H,2,3);/q3*-1;+3. The molecule has 0 radical (unpaired) electrons. The van der Waals surface area contributed by atoms with Gasteiger partial charge in [-0.2, -0.15) is 0 Å². The van der Waals surface area contributed by atoms with Crippen LogP contribution in [0.5, 0.6) is 0 Å². The van der Waals surface area contributed by atoms with Crippen molar-refractivity contribution in [3.05, 3.63) is 0 Å². The Morgan fingerprint density at radius 3 is 0.700 bits per heavy atom. The molecule has 0 heterocycles. The van der Waals surface area contributed by atoms with E-state index in [1.807, 2.05) is 0 Å². The van der Waals surface area contributed by atoms with Crippen molar-refractivity contribution in [1.29, 1.82) is 0 Å². The molecule has 10 heavy (non-hydrogen) atoms. The topological polar surface area (TPSA) is 112 Å². The van der Waals surface area contributed by atoms with Crippen LogP contribution in [0.2, 0.25) is 0 Å². The Morgan fingerprint density at radius 1 is 0.700 bits per heavy atom. The molecule has 0 atom stereocenters. The Labute approximate surface area is 67.2 Å². The fraction of sp³-hybridized carbons (Fsp3) is 0. The van der Waals surface area contributed by atoms with Crippen LogP contribution in [0.1, 0.15) is 0 Å². The van der Waals surface area contributed by atoms with E-state index in [1.165, 1.54) is 0 Å². The van der Waals surface area contributed by atoms with Crippen LogP contribution in [-0.4, -0.2) is 52.1 Å². The van der Waals surface area contributed by atoms with E-state index in [4.69, 9.17) is 29.7 Å². The molecule has 0 amide bonds. The molecule has 0 aromatic rings. The second-order valence-corrected chi connectivity index (χ2v) is 0.274. The van der Waals surface area contributed by atoms with Gasteiger partial charge in [-0.15, -0.1) is 0 Å². The summed E-state index contributed by atoms with van der Waals surface area (Å²) in [6, 6.07) is 0. The zero-order chi connectivity index (χ0) is 8.12. The third kappa shape index (κ3) is 219. The van der Waals surface area contributed by atoms with Crippen LogP contribution in [0.4, 0.5) is 0 Å². The molecule has 0 bridgehead atoms. The first-order valence-electron chi connectivity index (χ1n) is 1.28. The van der Waals surface area contributed by atoms with Gasteiger partial charge < -0.3 is 29.7 Å². The molecule has 0 saturated carbocycles. The molecule has 54 valence electrons. The molecule has 0 aliphatic heterocycles. The molecule has 0 aromatic heterocycles. The van der Waals surface area contributed by atoms with Gasteiger partial charge in [0.05, 0.1) is 0 Å². The fourth-order valence-corrected chi connectivity index (χ4v) is 0. The summed E-state index contributed by atoms with van der Waals surface area (Å²) >= 11 is 0. The van der Waals surface area contributed by atoms with Gasteiger partial charge in [0.25, 0.3) is 0 Å². The van der Waals surface area contributed by atoms with E-state index in [2.05, 4.69) is 0 Å². The number of aliphatic hydroxyl groups excluding tert-OH is 3. The first-order valence-corrected chi connectivity index (χ1v) is 1.28. The first-order chi connectivity index (χ1) is 4.24. The number of rotatable bonds is 0. The Morgan fingerprint density at radius 2 is 0.700 bits per heavy atom. The molecule has 0 aliphatic rings. The van der Waals surface area contributed by atoms with Gasteiger partial charge in [0.2, 0.25) is 0 Å². The third-order valence-corrected chi connectivity index (χ3v) is 0. The van der Waals surface area contributed by atoms with Crippen molar-refractivity contribution in [3.63, 3.8) is 0 Å². The largest absolute Gasteiger partial charge is 3.00 e. The molecular weight excluding hydrogens is 159 g/mol. The van der Waals surface area contributed by atoms with Gasteiger partial charge in [0.15, 0.2) is 0 Å². The summed E-state index contributed by atoms with van der Waals surface area (Å²) in [5, 5.41) is 20.3. The van der Waals surface area contributed by atoms with Crippen molar-refractivity contribution >= 4 is 36.8 Å². The maximum absolute atomic E-state index is 8.24. The van der Waals surface area contributed by atoms with E-state index in [9.17, 15) is 0 Å². The summed E-state index contributed by atoms with van der Waals surface area (Å²) in [5.74, 6) is 0. The van der Waals surface area contributed by atoms with Gasteiger partial charge in [-0.1, -0.05) is 19.4 Å². The fourth-order valence-electron chi connectivity index (χ4n) is 0. The zero-order valence-corrected chi connectivity index (χ0v) is 5.80. The van der Waals surface area contributed by atoms with Crippen molar-refractivity contribution in [1.82, 2.24) is 0 Å². The quantitative estimate of drug-likeness (QED) is 0.293. The van der Waals surface area contributed by atoms with Crippen LogP contribution in [0, 0.1) is 0 Å². The second kappa shape index (κ2) is 101. The van der Waals surface area contributed by atoms with Crippen LogP contribution >= 0.6 is 0 Å². The van der Waals surface area contributed by atoms with Gasteiger partial charge in [0.1, 0.15) is 0 Å². The second-order valence-electron chi connectivity index (χ2n) is 0.274. The Kier molecular flexibility index (Phi) is 234. The van der Waals surface area contributed by atoms with Crippen LogP contribution in [0.25, 0.3) is 0 Å². The number of hydrogen-bond donors (Lipinski definition) is 3. The minimum Gasteiger partial charge on any atom is -0.665 e. The van der Waals surface area contributed by atoms with E-state index < -0.39 is 0 Å². The van der Waals surface area contributed by atoms with Crippen molar-refractivity contribution in [2.45, 2.75) is 0 Å². The molecule has 7 heteroatoms. The van der Waals surface area contributed by atoms with Gasteiger partial charge in [-0.25, -0.2) is 0 Å². The molecule has 3 N–H and O–H groups in total. The van der Waals surface area contributed by atoms with E-state index in [-0.39, 0.29) is 17.4 Å². The Bertz CT molecular complexity index is 49.7. The van der Waals surface area contributed by atoms with E-state index in [1.54, 1.807) is 0 Å². The van der Waals surface area contributed by atoms with Crippen molar-refractivity contribution in [3.8, 4) is 0 Å². The Balaban J connectivity index is -0.0000000257. The van der Waals surface area contributed by atoms with Gasteiger partial charge in [-0.05, 0) is 0 Å². The zero-order valence-electron chi connectivity index (χ0n) is 4.64. The predicted octanol–water partition coefficient (Wildman–Crippen LogP) is -1.55. The molecule has 0 unspecified atom stereocenters. The van der Waals surface area contributed by atoms with E-state index in [0.29, 0.717) is 19.4 Å². The predicted molar refractivity (Wildman–Crippen MR) is 30.7 cm³/mol. The maximum Gasteiger partial charge on any atom is 3.00 e. The third-order valence-electron chi connectivity index (χ3n) is 0. The molecule has 0 spiro atoms. The van der Waals surface area contributed by atoms with Gasteiger partial charge in [0, 0.05) is 0 Å². The molecule has 0 rings (SSSR count). The van der Waals surface area contributed by atoms with E-state index >= 15 is 0 Å². The minimum atomic E-state index is 0. The average molecular weight is 162 g/mol. The maximum atomic E-state index is 8.24. The van der Waals surface area contributed by atoms with Crippen LogP contribution in [0.15, 0.2) is 0 Å².